The molecule has 1 aromatic rings. The lowest BCUT2D eigenvalue weighted by Gasteiger charge is -2.09. The summed E-state index contributed by atoms with van der Waals surface area (Å²) in [5.41, 5.74) is 2.96. The second-order valence-corrected chi connectivity index (χ2v) is 7.26. The van der Waals surface area contributed by atoms with Crippen LogP contribution in [0, 0.1) is 0 Å². The maximum Gasteiger partial charge on any atom is 0.186 e. The van der Waals surface area contributed by atoms with E-state index in [9.17, 15) is 4.79 Å². The van der Waals surface area contributed by atoms with Crippen LogP contribution in [0.1, 0.15) is 31.2 Å². The van der Waals surface area contributed by atoms with Crippen molar-refractivity contribution in [1.82, 2.24) is 0 Å². The van der Waals surface area contributed by atoms with Gasteiger partial charge in [0.05, 0.1) is 0 Å². The Morgan fingerprint density at radius 1 is 1.10 bits per heavy atom. The second kappa shape index (κ2) is 8.11. The van der Waals surface area contributed by atoms with Crippen LogP contribution in [0.25, 0.3) is 6.08 Å². The van der Waals surface area contributed by atoms with E-state index in [1.165, 1.54) is 0 Å². The third-order valence-electron chi connectivity index (χ3n) is 3.52. The van der Waals surface area contributed by atoms with Crippen molar-refractivity contribution in [3.05, 3.63) is 50.2 Å². The number of benzene rings is 1. The van der Waals surface area contributed by atoms with E-state index < -0.39 is 0 Å². The molecule has 0 aliphatic heterocycles. The molecular formula is C17H19ClOS2. The van der Waals surface area contributed by atoms with E-state index in [4.69, 9.17) is 11.6 Å². The van der Waals surface area contributed by atoms with Gasteiger partial charge in [-0.25, -0.2) is 0 Å². The minimum atomic E-state index is 0.223. The maximum absolute atomic E-state index is 12.8. The molecule has 2 rings (SSSR count). The Morgan fingerprint density at radius 3 is 2.33 bits per heavy atom. The molecule has 1 nitrogen and oxygen atoms in total. The largest absolute Gasteiger partial charge is 0.289 e. The third-order valence-corrected chi connectivity index (χ3v) is 6.00. The monoisotopic (exact) mass is 338 g/mol. The number of halogens is 1. The zero-order valence-corrected chi connectivity index (χ0v) is 14.7. The average Bonchev–Trinajstić information content (AvgIpc) is 2.67. The minimum Gasteiger partial charge on any atom is -0.289 e. The number of hydrogen-bond acceptors (Lipinski definition) is 3. The molecule has 1 aromatic carbocycles. The zero-order chi connectivity index (χ0) is 15.2. The Balaban J connectivity index is 2.36. The molecule has 0 aromatic heterocycles. The quantitative estimate of drug-likeness (QED) is 0.511. The molecule has 0 amide bonds. The van der Waals surface area contributed by atoms with Gasteiger partial charge < -0.3 is 0 Å². The molecule has 0 N–H and O–H groups in total. The summed E-state index contributed by atoms with van der Waals surface area (Å²) in [4.78, 5) is 12.8. The molecule has 1 aliphatic carbocycles. The van der Waals surface area contributed by atoms with E-state index in [1.54, 1.807) is 23.5 Å². The fourth-order valence-corrected chi connectivity index (χ4v) is 4.14. The molecule has 21 heavy (non-hydrogen) atoms. The predicted molar refractivity (Wildman–Crippen MR) is 97.0 cm³/mol. The average molecular weight is 339 g/mol. The lowest BCUT2D eigenvalue weighted by molar-refractivity contribution is -0.112. The Labute approximate surface area is 140 Å². The summed E-state index contributed by atoms with van der Waals surface area (Å²) >= 11 is 9.26. The van der Waals surface area contributed by atoms with Crippen molar-refractivity contribution >= 4 is 47.0 Å². The summed E-state index contributed by atoms with van der Waals surface area (Å²) < 4.78 is 1.16. The van der Waals surface area contributed by atoms with Crippen molar-refractivity contribution < 1.29 is 4.79 Å². The number of carbonyl (C=O) groups excluding carboxylic acids is 1. The highest BCUT2D eigenvalue weighted by Gasteiger charge is 2.21. The normalized spacial score (nSPS) is 18.0. The van der Waals surface area contributed by atoms with E-state index in [0.717, 1.165) is 51.7 Å². The number of thioether (sulfide) groups is 2. The number of Topliss-reactive ketones (excluding diaryl/α,β-unsaturated/α-hetero) is 1. The van der Waals surface area contributed by atoms with Crippen LogP contribution in [0.3, 0.4) is 0 Å². The van der Waals surface area contributed by atoms with Crippen molar-refractivity contribution in [2.75, 3.05) is 12.5 Å². The Morgan fingerprint density at radius 2 is 1.71 bits per heavy atom. The maximum atomic E-state index is 12.8. The molecule has 1 aliphatic rings. The lowest BCUT2D eigenvalue weighted by atomic mass is 10.0. The van der Waals surface area contributed by atoms with Gasteiger partial charge in [0.2, 0.25) is 0 Å². The predicted octanol–water partition coefficient (Wildman–Crippen LogP) is 5.80. The van der Waals surface area contributed by atoms with Crippen LogP contribution in [0.5, 0.6) is 0 Å². The van der Waals surface area contributed by atoms with Gasteiger partial charge in [0.25, 0.3) is 0 Å². The summed E-state index contributed by atoms with van der Waals surface area (Å²) in [5, 5.41) is 0.719. The molecule has 0 radical (unpaired) electrons. The highest BCUT2D eigenvalue weighted by molar-refractivity contribution is 8.21. The standard InChI is InChI=1S/C17H19ClOS2/c1-20-17(21-2)15-6-4-3-5-13(16(15)19)11-12-7-9-14(18)10-8-12/h7-11H,3-6H2,1-2H3. The van der Waals surface area contributed by atoms with Crippen LogP contribution < -0.4 is 0 Å². The summed E-state index contributed by atoms with van der Waals surface area (Å²) in [7, 11) is 0. The summed E-state index contributed by atoms with van der Waals surface area (Å²) in [5.74, 6) is 0.223. The molecule has 0 heterocycles. The van der Waals surface area contributed by atoms with Crippen LogP contribution in [0.15, 0.2) is 39.6 Å². The Hall–Kier alpha value is -0.640. The first-order chi connectivity index (χ1) is 10.2. The number of ketones is 1. The van der Waals surface area contributed by atoms with Crippen LogP contribution in [-0.2, 0) is 4.79 Å². The highest BCUT2D eigenvalue weighted by Crippen LogP contribution is 2.35. The molecule has 1 saturated carbocycles. The number of carbonyl (C=O) groups is 1. The van der Waals surface area contributed by atoms with Gasteiger partial charge >= 0.3 is 0 Å². The fraction of sp³-hybridized carbons (Fsp3) is 0.353. The van der Waals surface area contributed by atoms with Gasteiger partial charge in [-0.1, -0.05) is 23.7 Å². The molecule has 1 fully saturated rings. The summed E-state index contributed by atoms with van der Waals surface area (Å²) in [6, 6.07) is 7.64. The first kappa shape index (κ1) is 16.7. The van der Waals surface area contributed by atoms with Gasteiger partial charge in [-0.3, -0.25) is 4.79 Å². The van der Waals surface area contributed by atoms with Gasteiger partial charge in [0.1, 0.15) is 0 Å². The smallest absolute Gasteiger partial charge is 0.186 e. The molecule has 0 unspecified atom stereocenters. The van der Waals surface area contributed by atoms with Crippen molar-refractivity contribution in [2.45, 2.75) is 25.7 Å². The van der Waals surface area contributed by atoms with Gasteiger partial charge in [0.15, 0.2) is 5.78 Å². The lowest BCUT2D eigenvalue weighted by Crippen LogP contribution is -2.05. The van der Waals surface area contributed by atoms with Crippen LogP contribution in [0.2, 0.25) is 5.02 Å². The molecule has 4 heteroatoms. The first-order valence-electron chi connectivity index (χ1n) is 6.97. The van der Waals surface area contributed by atoms with Gasteiger partial charge in [-0.05, 0) is 62.0 Å². The Bertz CT molecular complexity index is 567. The van der Waals surface area contributed by atoms with E-state index in [1.807, 2.05) is 42.9 Å². The van der Waals surface area contributed by atoms with E-state index in [-0.39, 0.29) is 5.78 Å². The zero-order valence-electron chi connectivity index (χ0n) is 12.3. The number of rotatable bonds is 3. The van der Waals surface area contributed by atoms with Crippen molar-refractivity contribution in [3.63, 3.8) is 0 Å². The molecule has 0 atom stereocenters. The first-order valence-corrected chi connectivity index (χ1v) is 9.80. The molecule has 0 spiro atoms. The van der Waals surface area contributed by atoms with Gasteiger partial charge in [-0.15, -0.1) is 23.5 Å². The SMILES string of the molecule is CSC(SC)=C1CCCCC(=Cc2ccc(Cl)cc2)C1=O. The van der Waals surface area contributed by atoms with Crippen LogP contribution >= 0.6 is 35.1 Å². The van der Waals surface area contributed by atoms with Gasteiger partial charge in [-0.2, -0.15) is 0 Å². The van der Waals surface area contributed by atoms with E-state index in [2.05, 4.69) is 0 Å². The van der Waals surface area contributed by atoms with Gasteiger partial charge in [0, 0.05) is 20.4 Å². The van der Waals surface area contributed by atoms with Crippen molar-refractivity contribution in [3.8, 4) is 0 Å². The third kappa shape index (κ3) is 4.41. The molecule has 0 bridgehead atoms. The van der Waals surface area contributed by atoms with E-state index >= 15 is 0 Å². The molecular weight excluding hydrogens is 320 g/mol. The van der Waals surface area contributed by atoms with E-state index in [0.29, 0.717) is 0 Å². The molecule has 0 saturated heterocycles. The highest BCUT2D eigenvalue weighted by atomic mass is 35.5. The number of allylic oxidation sites excluding steroid dienone is 2. The summed E-state index contributed by atoms with van der Waals surface area (Å²) in [6.45, 7) is 0. The van der Waals surface area contributed by atoms with Crippen molar-refractivity contribution in [1.29, 1.82) is 0 Å². The van der Waals surface area contributed by atoms with Crippen LogP contribution in [-0.4, -0.2) is 18.3 Å². The number of hydrogen-bond donors (Lipinski definition) is 0. The Kier molecular flexibility index (Phi) is 6.46. The van der Waals surface area contributed by atoms with Crippen molar-refractivity contribution in [2.24, 2.45) is 0 Å². The molecule has 112 valence electrons. The second-order valence-electron chi connectivity index (χ2n) is 4.93. The fourth-order valence-electron chi connectivity index (χ4n) is 2.46. The topological polar surface area (TPSA) is 17.1 Å². The summed E-state index contributed by atoms with van der Waals surface area (Å²) in [6.07, 6.45) is 10.0. The minimum absolute atomic E-state index is 0.223. The van der Waals surface area contributed by atoms with Crippen LogP contribution in [0.4, 0.5) is 0 Å².